The van der Waals surface area contributed by atoms with Gasteiger partial charge in [0.2, 0.25) is 5.91 Å². The van der Waals surface area contributed by atoms with Crippen LogP contribution in [0.15, 0.2) is 54.6 Å². The van der Waals surface area contributed by atoms with E-state index < -0.39 is 0 Å². The predicted molar refractivity (Wildman–Crippen MR) is 104 cm³/mol. The minimum Gasteiger partial charge on any atom is -0.359 e. The first-order valence-corrected chi connectivity index (χ1v) is 9.00. The average molecular weight is 351 g/mol. The Balaban J connectivity index is 1.85. The van der Waals surface area contributed by atoms with E-state index in [1.807, 2.05) is 66.5 Å². The van der Waals surface area contributed by atoms with Crippen LogP contribution in [0.25, 0.3) is 0 Å². The Hall–Kier alpha value is -2.82. The van der Waals surface area contributed by atoms with E-state index in [-0.39, 0.29) is 17.7 Å². The van der Waals surface area contributed by atoms with E-state index >= 15 is 0 Å². The fourth-order valence-corrected chi connectivity index (χ4v) is 3.49. The van der Waals surface area contributed by atoms with Crippen LogP contribution in [-0.4, -0.2) is 43.9 Å². The topological polar surface area (TPSA) is 52.7 Å². The van der Waals surface area contributed by atoms with Crippen molar-refractivity contribution in [1.29, 1.82) is 0 Å². The molecule has 5 nitrogen and oxygen atoms in total. The van der Waals surface area contributed by atoms with Crippen LogP contribution in [0.3, 0.4) is 0 Å². The molecule has 1 aliphatic rings. The van der Waals surface area contributed by atoms with Crippen LogP contribution in [0.5, 0.6) is 0 Å². The van der Waals surface area contributed by atoms with Gasteiger partial charge in [0.15, 0.2) is 0 Å². The Morgan fingerprint density at radius 3 is 2.50 bits per heavy atom. The lowest BCUT2D eigenvalue weighted by Gasteiger charge is -2.33. The molecule has 1 atom stereocenters. The summed E-state index contributed by atoms with van der Waals surface area (Å²) < 4.78 is 0. The summed E-state index contributed by atoms with van der Waals surface area (Å²) in [5.74, 6) is -0.133. The second-order valence-electron chi connectivity index (χ2n) is 6.62. The molecule has 0 spiro atoms. The number of likely N-dealkylation sites (tertiary alicyclic amines) is 1. The van der Waals surface area contributed by atoms with Gasteiger partial charge in [-0.2, -0.15) is 0 Å². The minimum atomic E-state index is -0.128. The highest BCUT2D eigenvalue weighted by Gasteiger charge is 2.29. The number of amides is 2. The van der Waals surface area contributed by atoms with Crippen LogP contribution in [0.2, 0.25) is 0 Å². The molecule has 0 radical (unpaired) electrons. The third-order valence-electron chi connectivity index (χ3n) is 4.97. The molecule has 5 heteroatoms. The first kappa shape index (κ1) is 18.0. The molecule has 2 amide bonds. The zero-order valence-corrected chi connectivity index (χ0v) is 15.3. The highest BCUT2D eigenvalue weighted by atomic mass is 16.2. The molecule has 1 fully saturated rings. The van der Waals surface area contributed by atoms with Gasteiger partial charge in [0.25, 0.3) is 5.91 Å². The summed E-state index contributed by atoms with van der Waals surface area (Å²) in [6.07, 6.45) is 1.68. The van der Waals surface area contributed by atoms with E-state index in [4.69, 9.17) is 0 Å². The lowest BCUT2D eigenvalue weighted by atomic mass is 9.96. The van der Waals surface area contributed by atoms with Crippen molar-refractivity contribution in [1.82, 2.24) is 10.2 Å². The van der Waals surface area contributed by atoms with Crippen LogP contribution < -0.4 is 10.2 Å². The molecule has 0 aromatic heterocycles. The highest BCUT2D eigenvalue weighted by molar-refractivity contribution is 6.01. The number of hydrogen-bond donors (Lipinski definition) is 1. The number of nitrogens with zero attached hydrogens (tertiary/aromatic N) is 2. The first-order valence-electron chi connectivity index (χ1n) is 9.00. The Kier molecular flexibility index (Phi) is 5.56. The van der Waals surface area contributed by atoms with Gasteiger partial charge < -0.3 is 15.1 Å². The third kappa shape index (κ3) is 3.72. The molecular weight excluding hydrogens is 326 g/mol. The summed E-state index contributed by atoms with van der Waals surface area (Å²) in [7, 11) is 3.61. The molecule has 0 aliphatic carbocycles. The maximum absolute atomic E-state index is 13.2. The van der Waals surface area contributed by atoms with Crippen LogP contribution >= 0.6 is 0 Å². The Labute approximate surface area is 154 Å². The van der Waals surface area contributed by atoms with Gasteiger partial charge in [-0.25, -0.2) is 0 Å². The van der Waals surface area contributed by atoms with Gasteiger partial charge in [-0.1, -0.05) is 30.3 Å². The van der Waals surface area contributed by atoms with Crippen LogP contribution in [0.4, 0.5) is 11.4 Å². The van der Waals surface area contributed by atoms with E-state index in [2.05, 4.69) is 5.32 Å². The molecule has 1 N–H and O–H groups in total. The van der Waals surface area contributed by atoms with E-state index in [9.17, 15) is 9.59 Å². The summed E-state index contributed by atoms with van der Waals surface area (Å²) in [5, 5.41) is 2.70. The van der Waals surface area contributed by atoms with E-state index in [0.29, 0.717) is 18.7 Å². The lowest BCUT2D eigenvalue weighted by Crippen LogP contribution is -2.45. The summed E-state index contributed by atoms with van der Waals surface area (Å²) in [4.78, 5) is 29.0. The molecule has 136 valence electrons. The van der Waals surface area contributed by atoms with Gasteiger partial charge in [0.1, 0.15) is 0 Å². The third-order valence-corrected chi connectivity index (χ3v) is 4.97. The van der Waals surface area contributed by atoms with Crippen LogP contribution in [-0.2, 0) is 4.79 Å². The maximum atomic E-state index is 13.2. The van der Waals surface area contributed by atoms with Gasteiger partial charge in [0.05, 0.1) is 17.2 Å². The smallest absolute Gasteiger partial charge is 0.255 e. The zero-order valence-electron chi connectivity index (χ0n) is 15.3. The minimum absolute atomic E-state index is 0.0113. The van der Waals surface area contributed by atoms with E-state index in [1.165, 1.54) is 0 Å². The number of piperidine rings is 1. The molecule has 1 aliphatic heterocycles. The second-order valence-corrected chi connectivity index (χ2v) is 6.62. The molecule has 1 saturated heterocycles. The quantitative estimate of drug-likeness (QED) is 0.921. The number of anilines is 2. The van der Waals surface area contributed by atoms with Crippen molar-refractivity contribution >= 4 is 23.2 Å². The molecule has 0 unspecified atom stereocenters. The lowest BCUT2D eigenvalue weighted by molar-refractivity contribution is -0.125. The van der Waals surface area contributed by atoms with Crippen molar-refractivity contribution in [2.24, 2.45) is 5.92 Å². The van der Waals surface area contributed by atoms with Crippen molar-refractivity contribution in [3.8, 4) is 0 Å². The fourth-order valence-electron chi connectivity index (χ4n) is 3.49. The number of nitrogens with one attached hydrogen (secondary N) is 1. The van der Waals surface area contributed by atoms with E-state index in [0.717, 1.165) is 24.2 Å². The fraction of sp³-hybridized carbons (Fsp3) is 0.333. The average Bonchev–Trinajstić information content (AvgIpc) is 2.72. The molecule has 0 saturated carbocycles. The number of carbonyl (C=O) groups is 2. The van der Waals surface area contributed by atoms with Crippen molar-refractivity contribution in [3.05, 3.63) is 60.2 Å². The summed E-state index contributed by atoms with van der Waals surface area (Å²) in [5.41, 5.74) is 2.55. The molecule has 2 aromatic carbocycles. The van der Waals surface area contributed by atoms with Crippen molar-refractivity contribution in [3.63, 3.8) is 0 Å². The van der Waals surface area contributed by atoms with Gasteiger partial charge in [-0.05, 0) is 37.1 Å². The number of para-hydroxylation sites is 2. The maximum Gasteiger partial charge on any atom is 0.255 e. The second kappa shape index (κ2) is 8.04. The highest BCUT2D eigenvalue weighted by Crippen LogP contribution is 2.29. The zero-order chi connectivity index (χ0) is 18.5. The molecule has 2 aromatic rings. The van der Waals surface area contributed by atoms with Crippen molar-refractivity contribution in [2.45, 2.75) is 12.8 Å². The van der Waals surface area contributed by atoms with Gasteiger partial charge in [-0.15, -0.1) is 0 Å². The molecule has 1 heterocycles. The summed E-state index contributed by atoms with van der Waals surface area (Å²) in [6, 6.07) is 17.6. The summed E-state index contributed by atoms with van der Waals surface area (Å²) in [6.45, 7) is 1.16. The predicted octanol–water partition coefficient (Wildman–Crippen LogP) is 3.05. The largest absolute Gasteiger partial charge is 0.359 e. The van der Waals surface area contributed by atoms with Gasteiger partial charge in [0, 0.05) is 32.9 Å². The number of benzene rings is 2. The Morgan fingerprint density at radius 2 is 1.77 bits per heavy atom. The first-order chi connectivity index (χ1) is 12.6. The Bertz CT molecular complexity index is 776. The molecule has 0 bridgehead atoms. The number of carbonyl (C=O) groups excluding carboxylic acids is 2. The normalized spacial score (nSPS) is 16.8. The summed E-state index contributed by atoms with van der Waals surface area (Å²) >= 11 is 0. The van der Waals surface area contributed by atoms with Crippen LogP contribution in [0, 0.1) is 5.92 Å². The number of rotatable bonds is 4. The molecule has 3 rings (SSSR count). The van der Waals surface area contributed by atoms with Crippen molar-refractivity contribution < 1.29 is 9.59 Å². The van der Waals surface area contributed by atoms with Crippen molar-refractivity contribution in [2.75, 3.05) is 32.1 Å². The molecule has 26 heavy (non-hydrogen) atoms. The SMILES string of the molecule is CNC(=O)[C@@H]1CCCN(C(=O)c2ccccc2N(C)c2ccccc2)C1. The van der Waals surface area contributed by atoms with Crippen LogP contribution in [0.1, 0.15) is 23.2 Å². The van der Waals surface area contributed by atoms with Gasteiger partial charge in [-0.3, -0.25) is 9.59 Å². The van der Waals surface area contributed by atoms with Gasteiger partial charge >= 0.3 is 0 Å². The standard InChI is InChI=1S/C21H25N3O2/c1-22-20(25)16-9-8-14-24(15-16)21(26)18-12-6-7-13-19(18)23(2)17-10-4-3-5-11-17/h3-7,10-13,16H,8-9,14-15H2,1-2H3,(H,22,25)/t16-/m1/s1. The monoisotopic (exact) mass is 351 g/mol. The molecular formula is C21H25N3O2. The van der Waals surface area contributed by atoms with E-state index in [1.54, 1.807) is 11.9 Å². The Morgan fingerprint density at radius 1 is 1.08 bits per heavy atom. The number of hydrogen-bond acceptors (Lipinski definition) is 3.